The van der Waals surface area contributed by atoms with Gasteiger partial charge in [-0.2, -0.15) is 0 Å². The van der Waals surface area contributed by atoms with Gasteiger partial charge in [0.15, 0.2) is 0 Å². The quantitative estimate of drug-likeness (QED) is 0.763. The smallest absolute Gasteiger partial charge is 0.224 e. The lowest BCUT2D eigenvalue weighted by Gasteiger charge is -2.22. The maximum Gasteiger partial charge on any atom is 0.224 e. The molecule has 1 atom stereocenters. The Hall–Kier alpha value is -0.570. The van der Waals surface area contributed by atoms with E-state index in [2.05, 4.69) is 10.6 Å². The van der Waals surface area contributed by atoms with Crippen molar-refractivity contribution in [3.63, 3.8) is 0 Å². The number of rotatable bonds is 4. The fraction of sp³-hybridized carbons (Fsp3) is 0.923. The van der Waals surface area contributed by atoms with E-state index in [0.717, 1.165) is 38.4 Å². The van der Waals surface area contributed by atoms with Crippen LogP contribution in [0.25, 0.3) is 0 Å². The van der Waals surface area contributed by atoms with Gasteiger partial charge < -0.3 is 10.6 Å². The van der Waals surface area contributed by atoms with E-state index in [4.69, 9.17) is 0 Å². The molecule has 0 bridgehead atoms. The largest absolute Gasteiger partial charge is 0.356 e. The standard InChI is InChI=1S/C13H24N2O/c16-13(12-6-3-8-14-10-12)15-9-7-11-4-1-2-5-11/h11-12,14H,1-10H2,(H,15,16). The number of carbonyl (C=O) groups is 1. The van der Waals surface area contributed by atoms with Crippen molar-refractivity contribution in [1.82, 2.24) is 10.6 Å². The second-order valence-corrected chi connectivity index (χ2v) is 5.27. The molecule has 1 unspecified atom stereocenters. The van der Waals surface area contributed by atoms with Crippen molar-refractivity contribution in [2.24, 2.45) is 11.8 Å². The fourth-order valence-electron chi connectivity index (χ4n) is 2.92. The maximum atomic E-state index is 11.8. The third kappa shape index (κ3) is 3.48. The van der Waals surface area contributed by atoms with Gasteiger partial charge in [0.2, 0.25) is 5.91 Å². The fourth-order valence-corrected chi connectivity index (χ4v) is 2.92. The van der Waals surface area contributed by atoms with E-state index in [9.17, 15) is 4.79 Å². The molecule has 92 valence electrons. The van der Waals surface area contributed by atoms with Crippen LogP contribution in [0.1, 0.15) is 44.9 Å². The molecule has 0 spiro atoms. The molecule has 1 aliphatic carbocycles. The van der Waals surface area contributed by atoms with Gasteiger partial charge in [0.25, 0.3) is 0 Å². The molecule has 0 aromatic rings. The molecule has 1 saturated carbocycles. The van der Waals surface area contributed by atoms with Crippen LogP contribution in [0.2, 0.25) is 0 Å². The van der Waals surface area contributed by atoms with Gasteiger partial charge in [-0.05, 0) is 31.7 Å². The summed E-state index contributed by atoms with van der Waals surface area (Å²) in [6.07, 6.45) is 8.92. The summed E-state index contributed by atoms with van der Waals surface area (Å²) in [5.41, 5.74) is 0. The summed E-state index contributed by atoms with van der Waals surface area (Å²) in [4.78, 5) is 11.8. The van der Waals surface area contributed by atoms with Gasteiger partial charge >= 0.3 is 0 Å². The Morgan fingerprint density at radius 2 is 2.00 bits per heavy atom. The molecule has 1 amide bonds. The lowest BCUT2D eigenvalue weighted by atomic mass is 9.98. The highest BCUT2D eigenvalue weighted by molar-refractivity contribution is 5.78. The molecule has 2 aliphatic rings. The molecule has 2 N–H and O–H groups in total. The first-order valence-corrected chi connectivity index (χ1v) is 6.84. The van der Waals surface area contributed by atoms with Crippen molar-refractivity contribution in [3.05, 3.63) is 0 Å². The highest BCUT2D eigenvalue weighted by Crippen LogP contribution is 2.26. The number of piperidine rings is 1. The van der Waals surface area contributed by atoms with E-state index in [1.54, 1.807) is 0 Å². The molecule has 0 aromatic carbocycles. The molecule has 16 heavy (non-hydrogen) atoms. The minimum absolute atomic E-state index is 0.220. The number of hydrogen-bond donors (Lipinski definition) is 2. The Morgan fingerprint density at radius 1 is 1.19 bits per heavy atom. The predicted molar refractivity (Wildman–Crippen MR) is 65.2 cm³/mol. The van der Waals surface area contributed by atoms with Crippen LogP contribution in [0, 0.1) is 11.8 Å². The predicted octanol–water partition coefficient (Wildman–Crippen LogP) is 1.68. The van der Waals surface area contributed by atoms with Gasteiger partial charge in [0, 0.05) is 13.1 Å². The lowest BCUT2D eigenvalue weighted by molar-refractivity contribution is -0.125. The molecule has 0 aromatic heterocycles. The minimum atomic E-state index is 0.220. The Labute approximate surface area is 98.4 Å². The maximum absolute atomic E-state index is 11.8. The first-order chi connectivity index (χ1) is 7.86. The van der Waals surface area contributed by atoms with E-state index in [-0.39, 0.29) is 11.8 Å². The van der Waals surface area contributed by atoms with Crippen molar-refractivity contribution < 1.29 is 4.79 Å². The highest BCUT2D eigenvalue weighted by Gasteiger charge is 2.21. The Kier molecular flexibility index (Phi) is 4.64. The van der Waals surface area contributed by atoms with Crippen LogP contribution >= 0.6 is 0 Å². The van der Waals surface area contributed by atoms with E-state index < -0.39 is 0 Å². The molecular formula is C13H24N2O. The van der Waals surface area contributed by atoms with Gasteiger partial charge in [-0.3, -0.25) is 4.79 Å². The average Bonchev–Trinajstić information content (AvgIpc) is 2.83. The number of carbonyl (C=O) groups excluding carboxylic acids is 1. The van der Waals surface area contributed by atoms with Crippen molar-refractivity contribution in [2.45, 2.75) is 44.9 Å². The molecule has 1 saturated heterocycles. The summed E-state index contributed by atoms with van der Waals surface area (Å²) in [6, 6.07) is 0. The van der Waals surface area contributed by atoms with Crippen molar-refractivity contribution in [2.75, 3.05) is 19.6 Å². The van der Waals surface area contributed by atoms with Crippen molar-refractivity contribution >= 4 is 5.91 Å². The first-order valence-electron chi connectivity index (χ1n) is 6.84. The van der Waals surface area contributed by atoms with Gasteiger partial charge in [0.05, 0.1) is 5.92 Å². The summed E-state index contributed by atoms with van der Waals surface area (Å²) >= 11 is 0. The molecule has 2 rings (SSSR count). The zero-order valence-electron chi connectivity index (χ0n) is 10.1. The van der Waals surface area contributed by atoms with Crippen LogP contribution in [-0.4, -0.2) is 25.5 Å². The number of nitrogens with one attached hydrogen (secondary N) is 2. The molecule has 1 heterocycles. The zero-order chi connectivity index (χ0) is 11.2. The van der Waals surface area contributed by atoms with Crippen LogP contribution in [0.4, 0.5) is 0 Å². The van der Waals surface area contributed by atoms with Gasteiger partial charge in [0.1, 0.15) is 0 Å². The van der Waals surface area contributed by atoms with E-state index in [0.29, 0.717) is 0 Å². The van der Waals surface area contributed by atoms with Crippen LogP contribution in [0.15, 0.2) is 0 Å². The average molecular weight is 224 g/mol. The molecule has 3 heteroatoms. The van der Waals surface area contributed by atoms with Crippen LogP contribution in [0.3, 0.4) is 0 Å². The monoisotopic (exact) mass is 224 g/mol. The first kappa shape index (κ1) is 11.9. The van der Waals surface area contributed by atoms with Crippen molar-refractivity contribution in [1.29, 1.82) is 0 Å². The topological polar surface area (TPSA) is 41.1 Å². The summed E-state index contributed by atoms with van der Waals surface area (Å²) in [6.45, 7) is 2.83. The van der Waals surface area contributed by atoms with Gasteiger partial charge in [-0.25, -0.2) is 0 Å². The molecule has 2 fully saturated rings. The van der Waals surface area contributed by atoms with E-state index in [1.807, 2.05) is 0 Å². The van der Waals surface area contributed by atoms with Crippen LogP contribution < -0.4 is 10.6 Å². The zero-order valence-corrected chi connectivity index (χ0v) is 10.1. The Bertz CT molecular complexity index is 218. The highest BCUT2D eigenvalue weighted by atomic mass is 16.1. The lowest BCUT2D eigenvalue weighted by Crippen LogP contribution is -2.41. The van der Waals surface area contributed by atoms with Gasteiger partial charge in [-0.15, -0.1) is 0 Å². The third-order valence-electron chi connectivity index (χ3n) is 3.99. The second-order valence-electron chi connectivity index (χ2n) is 5.27. The number of amides is 1. The molecular weight excluding hydrogens is 200 g/mol. The summed E-state index contributed by atoms with van der Waals surface area (Å²) < 4.78 is 0. The minimum Gasteiger partial charge on any atom is -0.356 e. The summed E-state index contributed by atoms with van der Waals surface area (Å²) in [7, 11) is 0. The molecule has 3 nitrogen and oxygen atoms in total. The summed E-state index contributed by atoms with van der Waals surface area (Å²) in [5, 5.41) is 6.39. The summed E-state index contributed by atoms with van der Waals surface area (Å²) in [5.74, 6) is 1.37. The molecule has 0 radical (unpaired) electrons. The number of hydrogen-bond acceptors (Lipinski definition) is 2. The SMILES string of the molecule is O=C(NCCC1CCCC1)C1CCCNC1. The van der Waals surface area contributed by atoms with Crippen LogP contribution in [-0.2, 0) is 4.79 Å². The normalized spacial score (nSPS) is 26.9. The Morgan fingerprint density at radius 3 is 2.69 bits per heavy atom. The van der Waals surface area contributed by atoms with Gasteiger partial charge in [-0.1, -0.05) is 25.7 Å². The third-order valence-corrected chi connectivity index (χ3v) is 3.99. The van der Waals surface area contributed by atoms with Crippen LogP contribution in [0.5, 0.6) is 0 Å². The van der Waals surface area contributed by atoms with E-state index in [1.165, 1.54) is 32.1 Å². The second kappa shape index (κ2) is 6.24. The molecule has 1 aliphatic heterocycles. The van der Waals surface area contributed by atoms with Crippen molar-refractivity contribution in [3.8, 4) is 0 Å². The van der Waals surface area contributed by atoms with E-state index >= 15 is 0 Å². The Balaban J connectivity index is 1.59.